The Balaban J connectivity index is 2.60. The Kier molecular flexibility index (Phi) is 7.97. The minimum atomic E-state index is -0.507. The lowest BCUT2D eigenvalue weighted by Crippen LogP contribution is -2.31. The van der Waals surface area contributed by atoms with E-state index in [1.54, 1.807) is 13.0 Å². The van der Waals surface area contributed by atoms with E-state index in [-0.39, 0.29) is 5.97 Å². The van der Waals surface area contributed by atoms with E-state index in [1.165, 1.54) is 13.2 Å². The van der Waals surface area contributed by atoms with Gasteiger partial charge < -0.3 is 9.47 Å². The molecule has 0 aliphatic rings. The van der Waals surface area contributed by atoms with Crippen molar-refractivity contribution in [2.45, 2.75) is 39.2 Å². The Hall–Kier alpha value is -2.10. The Morgan fingerprint density at radius 3 is 2.50 bits per heavy atom. The van der Waals surface area contributed by atoms with Crippen molar-refractivity contribution in [2.24, 2.45) is 5.92 Å². The van der Waals surface area contributed by atoms with Gasteiger partial charge in [0.2, 0.25) is 0 Å². The van der Waals surface area contributed by atoms with E-state index < -0.39 is 18.0 Å². The van der Waals surface area contributed by atoms with Crippen LogP contribution in [0.15, 0.2) is 36.4 Å². The highest BCUT2D eigenvalue weighted by Crippen LogP contribution is 2.18. The van der Waals surface area contributed by atoms with Gasteiger partial charge in [-0.1, -0.05) is 50.1 Å². The van der Waals surface area contributed by atoms with Crippen LogP contribution in [0, 0.1) is 5.92 Å². The smallest absolute Gasteiger partial charge is 0.331 e. The number of rotatable bonds is 8. The van der Waals surface area contributed by atoms with Crippen molar-refractivity contribution in [1.29, 1.82) is 0 Å². The molecule has 0 aromatic heterocycles. The van der Waals surface area contributed by atoms with Gasteiger partial charge in [-0.25, -0.2) is 4.79 Å². The van der Waals surface area contributed by atoms with Crippen LogP contribution in [0.2, 0.25) is 0 Å². The molecule has 0 spiro atoms. The van der Waals surface area contributed by atoms with Gasteiger partial charge in [-0.05, 0) is 25.0 Å². The van der Waals surface area contributed by atoms with Crippen LogP contribution in [0.4, 0.5) is 0 Å². The number of benzene rings is 1. The summed E-state index contributed by atoms with van der Waals surface area (Å²) in [5.41, 5.74) is 0.919. The van der Waals surface area contributed by atoms with Gasteiger partial charge in [-0.3, -0.25) is 4.79 Å². The number of carbonyl (C=O) groups excluding carboxylic acids is 2. The minimum Gasteiger partial charge on any atom is -0.469 e. The maximum Gasteiger partial charge on any atom is 0.331 e. The lowest BCUT2D eigenvalue weighted by molar-refractivity contribution is -0.156. The lowest BCUT2D eigenvalue weighted by Gasteiger charge is -2.21. The molecular weight excluding hydrogens is 280 g/mol. The summed E-state index contributed by atoms with van der Waals surface area (Å²) < 4.78 is 10.1. The van der Waals surface area contributed by atoms with Crippen molar-refractivity contribution in [2.75, 3.05) is 7.11 Å². The SMILES string of the molecule is CCCCC(C(=O)OC)C(C)OC(=O)/C=C/c1ccccc1. The number of carbonyl (C=O) groups is 2. The second kappa shape index (κ2) is 9.77. The fraction of sp³-hybridized carbons (Fsp3) is 0.444. The molecule has 2 unspecified atom stereocenters. The van der Waals surface area contributed by atoms with E-state index in [0.29, 0.717) is 6.42 Å². The number of hydrogen-bond donors (Lipinski definition) is 0. The Bertz CT molecular complexity index is 493. The van der Waals surface area contributed by atoms with E-state index in [1.807, 2.05) is 37.3 Å². The first kappa shape index (κ1) is 18.0. The average molecular weight is 304 g/mol. The molecule has 22 heavy (non-hydrogen) atoms. The number of hydrogen-bond acceptors (Lipinski definition) is 4. The fourth-order valence-corrected chi connectivity index (χ4v) is 2.15. The molecule has 4 nitrogen and oxygen atoms in total. The Labute approximate surface area is 132 Å². The molecule has 120 valence electrons. The molecule has 0 heterocycles. The number of unbranched alkanes of at least 4 members (excludes halogenated alkanes) is 1. The largest absolute Gasteiger partial charge is 0.469 e. The molecule has 0 N–H and O–H groups in total. The zero-order chi connectivity index (χ0) is 16.4. The first-order valence-corrected chi connectivity index (χ1v) is 7.60. The molecular formula is C18H24O4. The predicted octanol–water partition coefficient (Wildman–Crippen LogP) is 3.61. The summed E-state index contributed by atoms with van der Waals surface area (Å²) in [5.74, 6) is -1.21. The molecule has 0 saturated heterocycles. The van der Waals surface area contributed by atoms with Crippen LogP contribution in [0.3, 0.4) is 0 Å². The van der Waals surface area contributed by atoms with Crippen LogP contribution >= 0.6 is 0 Å². The summed E-state index contributed by atoms with van der Waals surface area (Å²) in [6.45, 7) is 3.78. The van der Waals surface area contributed by atoms with Crippen molar-refractivity contribution >= 4 is 18.0 Å². The normalized spacial score (nSPS) is 13.6. The second-order valence-electron chi connectivity index (χ2n) is 5.16. The van der Waals surface area contributed by atoms with Gasteiger partial charge in [-0.2, -0.15) is 0 Å². The summed E-state index contributed by atoms with van der Waals surface area (Å²) in [4.78, 5) is 23.6. The summed E-state index contributed by atoms with van der Waals surface area (Å²) in [6, 6.07) is 9.49. The lowest BCUT2D eigenvalue weighted by atomic mass is 9.97. The Morgan fingerprint density at radius 2 is 1.91 bits per heavy atom. The van der Waals surface area contributed by atoms with Gasteiger partial charge in [0.05, 0.1) is 13.0 Å². The van der Waals surface area contributed by atoms with Crippen LogP contribution in [0.5, 0.6) is 0 Å². The topological polar surface area (TPSA) is 52.6 Å². The highest BCUT2D eigenvalue weighted by atomic mass is 16.6. The van der Waals surface area contributed by atoms with Gasteiger partial charge in [0.25, 0.3) is 0 Å². The van der Waals surface area contributed by atoms with Crippen LogP contribution in [-0.2, 0) is 19.1 Å². The quantitative estimate of drug-likeness (QED) is 0.544. The first-order chi connectivity index (χ1) is 10.6. The van der Waals surface area contributed by atoms with E-state index in [0.717, 1.165) is 18.4 Å². The van der Waals surface area contributed by atoms with Crippen molar-refractivity contribution in [3.63, 3.8) is 0 Å². The van der Waals surface area contributed by atoms with Crippen molar-refractivity contribution in [1.82, 2.24) is 0 Å². The van der Waals surface area contributed by atoms with E-state index in [9.17, 15) is 9.59 Å². The van der Waals surface area contributed by atoms with E-state index >= 15 is 0 Å². The molecule has 0 aliphatic heterocycles. The molecule has 1 rings (SSSR count). The third-order valence-corrected chi connectivity index (χ3v) is 3.45. The molecule has 0 aliphatic carbocycles. The van der Waals surface area contributed by atoms with Gasteiger partial charge in [0, 0.05) is 6.08 Å². The van der Waals surface area contributed by atoms with E-state index in [2.05, 4.69) is 0 Å². The minimum absolute atomic E-state index is 0.333. The van der Waals surface area contributed by atoms with Crippen LogP contribution < -0.4 is 0 Å². The van der Waals surface area contributed by atoms with Crippen molar-refractivity contribution in [3.8, 4) is 0 Å². The fourth-order valence-electron chi connectivity index (χ4n) is 2.15. The second-order valence-corrected chi connectivity index (χ2v) is 5.16. The number of methoxy groups -OCH3 is 1. The van der Waals surface area contributed by atoms with E-state index in [4.69, 9.17) is 9.47 Å². The average Bonchev–Trinajstić information content (AvgIpc) is 2.54. The molecule has 0 saturated carbocycles. The molecule has 4 heteroatoms. The molecule has 2 atom stereocenters. The summed E-state index contributed by atoms with van der Waals surface area (Å²) in [6.07, 6.45) is 5.07. The molecule has 0 fully saturated rings. The Morgan fingerprint density at radius 1 is 1.23 bits per heavy atom. The van der Waals surface area contributed by atoms with Gasteiger partial charge in [-0.15, -0.1) is 0 Å². The maximum atomic E-state index is 11.9. The van der Waals surface area contributed by atoms with Gasteiger partial charge in [0.1, 0.15) is 6.10 Å². The van der Waals surface area contributed by atoms with Crippen LogP contribution in [-0.4, -0.2) is 25.2 Å². The van der Waals surface area contributed by atoms with Gasteiger partial charge >= 0.3 is 11.9 Å². The highest BCUT2D eigenvalue weighted by molar-refractivity contribution is 5.87. The molecule has 1 aromatic carbocycles. The predicted molar refractivity (Wildman–Crippen MR) is 86.1 cm³/mol. The summed E-state index contributed by atoms with van der Waals surface area (Å²) in [7, 11) is 1.35. The monoisotopic (exact) mass is 304 g/mol. The number of ether oxygens (including phenoxy) is 2. The zero-order valence-corrected chi connectivity index (χ0v) is 13.5. The van der Waals surface area contributed by atoms with Crippen LogP contribution in [0.25, 0.3) is 6.08 Å². The van der Waals surface area contributed by atoms with Crippen molar-refractivity contribution < 1.29 is 19.1 Å². The number of esters is 2. The third-order valence-electron chi connectivity index (χ3n) is 3.45. The summed E-state index contributed by atoms with van der Waals surface area (Å²) >= 11 is 0. The zero-order valence-electron chi connectivity index (χ0n) is 13.5. The van der Waals surface area contributed by atoms with Crippen molar-refractivity contribution in [3.05, 3.63) is 42.0 Å². The van der Waals surface area contributed by atoms with Gasteiger partial charge in [0.15, 0.2) is 0 Å². The molecule has 0 bridgehead atoms. The summed E-state index contributed by atoms with van der Waals surface area (Å²) in [5, 5.41) is 0. The molecule has 0 radical (unpaired) electrons. The third kappa shape index (κ3) is 6.12. The standard InChI is InChI=1S/C18H24O4/c1-4-5-11-16(18(20)21-3)14(2)22-17(19)13-12-15-9-7-6-8-10-15/h6-10,12-14,16H,4-5,11H2,1-3H3/b13-12+. The molecule has 1 aromatic rings. The first-order valence-electron chi connectivity index (χ1n) is 7.60. The molecule has 0 amide bonds. The highest BCUT2D eigenvalue weighted by Gasteiger charge is 2.27. The van der Waals surface area contributed by atoms with Crippen LogP contribution in [0.1, 0.15) is 38.7 Å². The maximum absolute atomic E-state index is 11.9.